The lowest BCUT2D eigenvalue weighted by molar-refractivity contribution is -0.129. The van der Waals surface area contributed by atoms with Crippen LogP contribution in [0.3, 0.4) is 0 Å². The van der Waals surface area contributed by atoms with E-state index in [9.17, 15) is 9.59 Å². The molecule has 3 aromatic carbocycles. The van der Waals surface area contributed by atoms with E-state index in [1.165, 1.54) is 0 Å². The summed E-state index contributed by atoms with van der Waals surface area (Å²) in [6.07, 6.45) is 0.224. The maximum absolute atomic E-state index is 13.6. The molecular formula is C24H22BrClN2O2. The van der Waals surface area contributed by atoms with Gasteiger partial charge in [0.05, 0.1) is 5.41 Å². The van der Waals surface area contributed by atoms with Crippen LogP contribution in [0.15, 0.2) is 83.3 Å². The molecule has 0 unspecified atom stereocenters. The zero-order valence-electron chi connectivity index (χ0n) is 16.4. The molecule has 0 fully saturated rings. The van der Waals surface area contributed by atoms with Crippen LogP contribution in [0.2, 0.25) is 5.02 Å². The van der Waals surface area contributed by atoms with E-state index in [0.29, 0.717) is 5.02 Å². The van der Waals surface area contributed by atoms with E-state index in [1.807, 2.05) is 67.6 Å². The van der Waals surface area contributed by atoms with Crippen LogP contribution in [0.25, 0.3) is 0 Å². The highest BCUT2D eigenvalue weighted by atomic mass is 79.9. The molecule has 3 aromatic rings. The van der Waals surface area contributed by atoms with Gasteiger partial charge in [-0.25, -0.2) is 0 Å². The van der Waals surface area contributed by atoms with Gasteiger partial charge in [-0.2, -0.15) is 0 Å². The molecule has 0 radical (unpaired) electrons. The van der Waals surface area contributed by atoms with Crippen LogP contribution in [-0.4, -0.2) is 17.9 Å². The summed E-state index contributed by atoms with van der Waals surface area (Å²) < 4.78 is 0.793. The zero-order valence-corrected chi connectivity index (χ0v) is 18.8. The molecule has 0 saturated heterocycles. The van der Waals surface area contributed by atoms with Crippen LogP contribution < -0.4 is 11.1 Å². The van der Waals surface area contributed by atoms with Gasteiger partial charge in [-0.05, 0) is 41.8 Å². The fourth-order valence-corrected chi connectivity index (χ4v) is 4.02. The van der Waals surface area contributed by atoms with Crippen LogP contribution in [0.4, 0.5) is 0 Å². The summed E-state index contributed by atoms with van der Waals surface area (Å²) in [7, 11) is 0. The fraction of sp³-hybridized carbons (Fsp3) is 0.167. The Hall–Kier alpha value is -2.63. The first kappa shape index (κ1) is 22.1. The van der Waals surface area contributed by atoms with Crippen LogP contribution in [0, 0.1) is 0 Å². The summed E-state index contributed by atoms with van der Waals surface area (Å²) in [5.41, 5.74) is 7.07. The van der Waals surface area contributed by atoms with Gasteiger partial charge in [0.25, 0.3) is 0 Å². The Bertz CT molecular complexity index is 1000. The van der Waals surface area contributed by atoms with E-state index in [4.69, 9.17) is 17.3 Å². The van der Waals surface area contributed by atoms with Crippen molar-refractivity contribution in [1.82, 2.24) is 5.32 Å². The first-order valence-electron chi connectivity index (χ1n) is 9.47. The first-order valence-corrected chi connectivity index (χ1v) is 10.6. The smallest absolute Gasteiger partial charge is 0.240 e. The second kappa shape index (κ2) is 9.45. The molecule has 0 aliphatic rings. The number of benzene rings is 3. The van der Waals surface area contributed by atoms with Crippen molar-refractivity contribution < 1.29 is 9.59 Å². The number of nitrogens with one attached hydrogen (secondary N) is 1. The molecule has 3 N–H and O–H groups in total. The minimum Gasteiger partial charge on any atom is -0.368 e. The van der Waals surface area contributed by atoms with Crippen LogP contribution in [0.1, 0.15) is 23.6 Å². The third-order valence-corrected chi connectivity index (χ3v) is 6.25. The highest BCUT2D eigenvalue weighted by Crippen LogP contribution is 2.32. The topological polar surface area (TPSA) is 72.2 Å². The van der Waals surface area contributed by atoms with Crippen LogP contribution >= 0.6 is 27.5 Å². The van der Waals surface area contributed by atoms with Gasteiger partial charge in [-0.1, -0.05) is 88.2 Å². The summed E-state index contributed by atoms with van der Waals surface area (Å²) >= 11 is 9.56. The first-order chi connectivity index (χ1) is 14.3. The molecule has 2 amide bonds. The Balaban J connectivity index is 1.96. The van der Waals surface area contributed by atoms with Gasteiger partial charge in [-0.15, -0.1) is 0 Å². The van der Waals surface area contributed by atoms with Crippen molar-refractivity contribution in [2.75, 3.05) is 0 Å². The standard InChI is InChI=1S/C24H22BrClN2O2/c1-24(17-8-4-2-5-9-17,18-10-6-3-7-11-18)23(30)28-21(22(27)29)15-16-14-19(26)12-13-20(16)25/h2-14,21H,15H2,1H3,(H2,27,29)(H,28,30)/t21-/m1/s1. The molecule has 0 heterocycles. The van der Waals surface area contributed by atoms with E-state index in [1.54, 1.807) is 18.2 Å². The van der Waals surface area contributed by atoms with Crippen molar-refractivity contribution in [2.24, 2.45) is 5.73 Å². The monoisotopic (exact) mass is 484 g/mol. The number of halogens is 2. The molecule has 0 bridgehead atoms. The van der Waals surface area contributed by atoms with Gasteiger partial charge in [0.15, 0.2) is 0 Å². The molecule has 30 heavy (non-hydrogen) atoms. The number of carbonyl (C=O) groups excluding carboxylic acids is 2. The molecular weight excluding hydrogens is 464 g/mol. The van der Waals surface area contributed by atoms with Gasteiger partial charge in [0.2, 0.25) is 11.8 Å². The Labute approximate surface area is 189 Å². The molecule has 0 saturated carbocycles. The quantitative estimate of drug-likeness (QED) is 0.512. The van der Waals surface area contributed by atoms with E-state index in [0.717, 1.165) is 21.2 Å². The average molecular weight is 486 g/mol. The third-order valence-electron chi connectivity index (χ3n) is 5.24. The summed E-state index contributed by atoms with van der Waals surface area (Å²) in [5, 5.41) is 3.41. The lowest BCUT2D eigenvalue weighted by atomic mass is 9.75. The van der Waals surface area contributed by atoms with E-state index in [-0.39, 0.29) is 12.3 Å². The van der Waals surface area contributed by atoms with Gasteiger partial charge in [0, 0.05) is 15.9 Å². The lowest BCUT2D eigenvalue weighted by Crippen LogP contribution is -2.52. The fourth-order valence-electron chi connectivity index (χ4n) is 3.42. The molecule has 4 nitrogen and oxygen atoms in total. The molecule has 0 aliphatic heterocycles. The molecule has 1 atom stereocenters. The van der Waals surface area contributed by atoms with E-state index >= 15 is 0 Å². The number of hydrogen-bond donors (Lipinski definition) is 2. The normalized spacial score (nSPS) is 12.2. The van der Waals surface area contributed by atoms with Crippen LogP contribution in [-0.2, 0) is 21.4 Å². The zero-order chi connectivity index (χ0) is 21.7. The highest BCUT2D eigenvalue weighted by molar-refractivity contribution is 9.10. The minimum atomic E-state index is -0.998. The summed E-state index contributed by atoms with van der Waals surface area (Å²) in [6.45, 7) is 1.85. The van der Waals surface area contributed by atoms with Gasteiger partial charge in [0.1, 0.15) is 6.04 Å². The summed E-state index contributed by atoms with van der Waals surface area (Å²) in [6, 6.07) is 23.4. The Morgan fingerprint density at radius 2 is 1.53 bits per heavy atom. The summed E-state index contributed by atoms with van der Waals surface area (Å²) in [5.74, 6) is -0.916. The number of primary amides is 1. The van der Waals surface area contributed by atoms with Crippen molar-refractivity contribution in [2.45, 2.75) is 24.8 Å². The molecule has 0 aromatic heterocycles. The highest BCUT2D eigenvalue weighted by Gasteiger charge is 2.38. The Morgan fingerprint density at radius 3 is 2.03 bits per heavy atom. The second-order valence-electron chi connectivity index (χ2n) is 7.23. The molecule has 0 aliphatic carbocycles. The van der Waals surface area contributed by atoms with E-state index < -0.39 is 17.4 Å². The number of rotatable bonds is 7. The molecule has 154 valence electrons. The minimum absolute atomic E-state index is 0.224. The largest absolute Gasteiger partial charge is 0.368 e. The van der Waals surface area contributed by atoms with Gasteiger partial charge < -0.3 is 11.1 Å². The van der Waals surface area contributed by atoms with Crippen molar-refractivity contribution in [3.63, 3.8) is 0 Å². The van der Waals surface area contributed by atoms with Crippen molar-refractivity contribution in [3.05, 3.63) is 105 Å². The number of amides is 2. The third kappa shape index (κ3) is 4.74. The molecule has 3 rings (SSSR count). The maximum atomic E-state index is 13.6. The van der Waals surface area contributed by atoms with Crippen molar-refractivity contribution in [3.8, 4) is 0 Å². The molecule has 6 heteroatoms. The van der Waals surface area contributed by atoms with E-state index in [2.05, 4.69) is 21.2 Å². The molecule has 0 spiro atoms. The van der Waals surface area contributed by atoms with Gasteiger partial charge in [-0.3, -0.25) is 9.59 Å². The Morgan fingerprint density at radius 1 is 1.00 bits per heavy atom. The summed E-state index contributed by atoms with van der Waals surface area (Å²) in [4.78, 5) is 25.8. The van der Waals surface area contributed by atoms with Crippen molar-refractivity contribution >= 4 is 39.3 Å². The van der Waals surface area contributed by atoms with Crippen molar-refractivity contribution in [1.29, 1.82) is 0 Å². The average Bonchev–Trinajstić information content (AvgIpc) is 2.76. The van der Waals surface area contributed by atoms with Crippen LogP contribution in [0.5, 0.6) is 0 Å². The Kier molecular flexibility index (Phi) is 6.95. The second-order valence-corrected chi connectivity index (χ2v) is 8.52. The maximum Gasteiger partial charge on any atom is 0.240 e. The lowest BCUT2D eigenvalue weighted by Gasteiger charge is -2.31. The SMILES string of the molecule is CC(C(=O)N[C@H](Cc1cc(Cl)ccc1Br)C(N)=O)(c1ccccc1)c1ccccc1. The number of hydrogen-bond acceptors (Lipinski definition) is 2. The number of nitrogens with two attached hydrogens (primary N) is 1. The predicted octanol–water partition coefficient (Wildman–Crippen LogP) is 4.62. The number of carbonyl (C=O) groups is 2. The predicted molar refractivity (Wildman–Crippen MR) is 123 cm³/mol. The van der Waals surface area contributed by atoms with Gasteiger partial charge >= 0.3 is 0 Å².